The molecule has 0 rings (SSSR count). The molecule has 0 aromatic carbocycles. The first-order valence-electron chi connectivity index (χ1n) is 3.68. The summed E-state index contributed by atoms with van der Waals surface area (Å²) in [5, 5.41) is 0. The van der Waals surface area contributed by atoms with Gasteiger partial charge in [-0.15, -0.1) is 0 Å². The quantitative estimate of drug-likeness (QED) is 0.269. The van der Waals surface area contributed by atoms with E-state index in [1.54, 1.807) is 0 Å². The topological polar surface area (TPSA) is 81.7 Å². The van der Waals surface area contributed by atoms with Crippen LogP contribution in [0.15, 0.2) is 0 Å². The maximum absolute atomic E-state index is 11.1. The van der Waals surface area contributed by atoms with Crippen molar-refractivity contribution in [3.8, 4) is 0 Å². The van der Waals surface area contributed by atoms with Gasteiger partial charge in [-0.2, -0.15) is 0 Å². The van der Waals surface area contributed by atoms with Crippen molar-refractivity contribution < 1.29 is 82.3 Å². The molecule has 0 radical (unpaired) electrons. The Hall–Kier alpha value is 2.29. The van der Waals surface area contributed by atoms with Gasteiger partial charge in [-0.25, -0.2) is 0 Å². The number of hydrogen-bond donors (Lipinski definition) is 0. The Morgan fingerprint density at radius 1 is 1.36 bits per heavy atom. The summed E-state index contributed by atoms with van der Waals surface area (Å²) < 4.78 is 20.1. The Balaban J connectivity index is -0.000000605. The van der Waals surface area contributed by atoms with Crippen LogP contribution in [0.3, 0.4) is 0 Å². The summed E-state index contributed by atoms with van der Waals surface area (Å²) in [4.78, 5) is 20.9. The van der Waals surface area contributed by atoms with E-state index in [0.29, 0.717) is 6.42 Å². The number of rotatable bonds is 6. The zero-order valence-electron chi connectivity index (χ0n) is 9.19. The van der Waals surface area contributed by atoms with Gasteiger partial charge in [-0.05, 0) is 15.4 Å². The molecule has 0 N–H and O–H groups in total. The maximum Gasteiger partial charge on any atom is 1.00 e. The second-order valence-corrected chi connectivity index (χ2v) is 7.70. The summed E-state index contributed by atoms with van der Waals surface area (Å²) in [7, 11) is -6.53. The summed E-state index contributed by atoms with van der Waals surface area (Å²) in [6.07, 6.45) is 1.53. The molecule has 0 aliphatic heterocycles. The molecule has 9 heteroatoms. The molecule has 0 aromatic heterocycles. The third kappa shape index (κ3) is 8.44. The predicted molar refractivity (Wildman–Crippen MR) is 42.6 cm³/mol. The van der Waals surface area contributed by atoms with Crippen LogP contribution in [0.5, 0.6) is 0 Å². The van der Waals surface area contributed by atoms with Gasteiger partial charge in [0, 0.05) is 7.11 Å². The van der Waals surface area contributed by atoms with Gasteiger partial charge in [0.25, 0.3) is 7.14 Å². The van der Waals surface area contributed by atoms with E-state index in [9.17, 15) is 14.2 Å². The summed E-state index contributed by atoms with van der Waals surface area (Å²) in [6.45, 7) is 2.08. The average Bonchev–Trinajstić information content (AvgIpc) is 2.04. The molecule has 0 saturated heterocycles. The van der Waals surface area contributed by atoms with E-state index < -0.39 is 16.1 Å². The summed E-state index contributed by atoms with van der Waals surface area (Å²) >= 11 is 0. The molecule has 0 aliphatic carbocycles. The predicted octanol–water partition coefficient (Wildman–Crippen LogP) is -6.91. The number of hydrogen-bond acceptors (Lipinski definition) is 5. The summed E-state index contributed by atoms with van der Waals surface area (Å²) in [5.74, 6) is 0. The van der Waals surface area contributed by atoms with E-state index in [4.69, 9.17) is 0 Å². The van der Waals surface area contributed by atoms with Crippen molar-refractivity contribution >= 4 is 16.1 Å². The molecule has 1 unspecified atom stereocenters. The molecule has 0 aliphatic rings. The molecule has 0 amide bonds. The zero-order chi connectivity index (χ0) is 9.61. The second-order valence-electron chi connectivity index (χ2n) is 2.22. The molecule has 0 fully saturated rings. The van der Waals surface area contributed by atoms with Gasteiger partial charge in [0.1, 0.15) is 0 Å². The van der Waals surface area contributed by atoms with Gasteiger partial charge in [0.15, 0.2) is 0 Å². The van der Waals surface area contributed by atoms with Gasteiger partial charge >= 0.3 is 59.1 Å². The first-order valence-corrected chi connectivity index (χ1v) is 7.79. The second kappa shape index (κ2) is 11.8. The van der Waals surface area contributed by atoms with Gasteiger partial charge in [0.05, 0.1) is 6.61 Å². The maximum atomic E-state index is 11.1. The van der Waals surface area contributed by atoms with Crippen LogP contribution in [0.2, 0.25) is 0 Å². The fourth-order valence-corrected chi connectivity index (χ4v) is 2.52. The van der Waals surface area contributed by atoms with Gasteiger partial charge in [-0.3, -0.25) is 4.57 Å². The molecule has 0 aromatic rings. The third-order valence-electron chi connectivity index (χ3n) is 1.28. The minimum Gasteiger partial charge on any atom is -0.863 e. The van der Waals surface area contributed by atoms with Crippen LogP contribution in [-0.2, 0) is 13.6 Å². The molecule has 1 atom stereocenters. The fourth-order valence-electron chi connectivity index (χ4n) is 0.536. The zero-order valence-corrected chi connectivity index (χ0v) is 15.2. The summed E-state index contributed by atoms with van der Waals surface area (Å²) in [5.41, 5.74) is 0. The molecule has 0 spiro atoms. The largest absolute Gasteiger partial charge is 1.00 e. The van der Waals surface area contributed by atoms with Gasteiger partial charge in [0.2, 0.25) is 0 Å². The van der Waals surface area contributed by atoms with E-state index in [1.165, 1.54) is 0 Å². The van der Waals surface area contributed by atoms with Crippen LogP contribution in [0, 0.1) is 0 Å². The molecule has 0 saturated carbocycles. The Morgan fingerprint density at radius 2 is 1.86 bits per heavy atom. The first kappa shape index (κ1) is 21.6. The van der Waals surface area contributed by atoms with Crippen molar-refractivity contribution in [2.45, 2.75) is 19.8 Å². The van der Waals surface area contributed by atoms with Crippen LogP contribution in [-0.4, -0.2) is 22.7 Å². The normalized spacial score (nSPS) is 14.1. The van der Waals surface area contributed by atoms with Crippen LogP contribution < -0.4 is 68.7 Å². The molecule has 14 heavy (non-hydrogen) atoms. The van der Waals surface area contributed by atoms with Crippen molar-refractivity contribution in [1.29, 1.82) is 0 Å². The average molecular weight is 258 g/mol. The minimum atomic E-state index is -3.83. The third-order valence-corrected chi connectivity index (χ3v) is 5.48. The van der Waals surface area contributed by atoms with Gasteiger partial charge < -0.3 is 18.6 Å². The first-order chi connectivity index (χ1) is 5.56. The van der Waals surface area contributed by atoms with E-state index >= 15 is 0 Å². The Morgan fingerprint density at radius 3 is 2.14 bits per heavy atom. The van der Waals surface area contributed by atoms with Crippen molar-refractivity contribution in [2.75, 3.05) is 13.7 Å². The minimum absolute atomic E-state index is 0. The van der Waals surface area contributed by atoms with Crippen LogP contribution in [0.1, 0.15) is 19.8 Å². The van der Waals surface area contributed by atoms with E-state index in [0.717, 1.165) is 13.5 Å². The molecule has 0 heterocycles. The Labute approximate surface area is 130 Å². The van der Waals surface area contributed by atoms with Crippen molar-refractivity contribution in [2.24, 2.45) is 0 Å². The SMILES string of the molecule is CCCCOP(=O)(OC)[SiH]([O-])[O-].[Na+].[Na+]. The molecule has 0 bridgehead atoms. The van der Waals surface area contributed by atoms with Crippen LogP contribution in [0.25, 0.3) is 0 Å². The van der Waals surface area contributed by atoms with Crippen LogP contribution in [0.4, 0.5) is 0 Å². The molecular formula is C5H13Na2O5PSi. The summed E-state index contributed by atoms with van der Waals surface area (Å²) in [6, 6.07) is 0. The molecule has 5 nitrogen and oxygen atoms in total. The Kier molecular flexibility index (Phi) is 18.1. The van der Waals surface area contributed by atoms with Crippen LogP contribution >= 0.6 is 7.14 Å². The van der Waals surface area contributed by atoms with Crippen molar-refractivity contribution in [3.05, 3.63) is 0 Å². The standard InChI is InChI=1S/C5H13O5PSi.2Na/c1-3-4-5-10-11(6,9-2)12(7)8;;/h12H,3-5H2,1-2H3;;/q-2;2*+1. The van der Waals surface area contributed by atoms with Crippen molar-refractivity contribution in [1.82, 2.24) is 0 Å². The fraction of sp³-hybridized carbons (Fsp3) is 1.00. The van der Waals surface area contributed by atoms with Gasteiger partial charge in [-0.1, -0.05) is 13.3 Å². The molecular weight excluding hydrogens is 245 g/mol. The monoisotopic (exact) mass is 258 g/mol. The Bertz CT molecular complexity index is 170. The number of unbranched alkanes of at least 4 members (excludes halogenated alkanes) is 1. The van der Waals surface area contributed by atoms with E-state index in [-0.39, 0.29) is 65.7 Å². The van der Waals surface area contributed by atoms with Crippen molar-refractivity contribution in [3.63, 3.8) is 0 Å². The molecule has 74 valence electrons. The smallest absolute Gasteiger partial charge is 0.863 e. The van der Waals surface area contributed by atoms with E-state index in [2.05, 4.69) is 9.05 Å². The van der Waals surface area contributed by atoms with E-state index in [1.807, 2.05) is 6.92 Å².